The first-order chi connectivity index (χ1) is 8.15. The molecule has 17 heavy (non-hydrogen) atoms. The van der Waals surface area contributed by atoms with Crippen molar-refractivity contribution >= 4 is 0 Å². The Labute approximate surface area is 104 Å². The second kappa shape index (κ2) is 5.18. The second-order valence-electron chi connectivity index (χ2n) is 4.99. The summed E-state index contributed by atoms with van der Waals surface area (Å²) in [4.78, 5) is 0. The van der Waals surface area contributed by atoms with Crippen LogP contribution in [0.3, 0.4) is 0 Å². The maximum Gasteiger partial charge on any atom is -0.0184 e. The Morgan fingerprint density at radius 2 is 1.29 bits per heavy atom. The highest BCUT2D eigenvalue weighted by atomic mass is 14.0. The van der Waals surface area contributed by atoms with Crippen molar-refractivity contribution in [3.8, 4) is 11.1 Å². The fourth-order valence-electron chi connectivity index (χ4n) is 2.00. The minimum Gasteiger partial charge on any atom is -0.0625 e. The van der Waals surface area contributed by atoms with Crippen LogP contribution in [0.2, 0.25) is 0 Å². The molecule has 0 amide bonds. The average Bonchev–Trinajstić information content (AvgIpc) is 2.30. The van der Waals surface area contributed by atoms with E-state index < -0.39 is 0 Å². The van der Waals surface area contributed by atoms with E-state index in [1.807, 2.05) is 0 Å². The number of rotatable bonds is 3. The Hall–Kier alpha value is -1.56. The van der Waals surface area contributed by atoms with Crippen LogP contribution in [-0.2, 0) is 6.42 Å². The van der Waals surface area contributed by atoms with E-state index in [2.05, 4.69) is 69.3 Å². The molecule has 0 saturated carbocycles. The minimum atomic E-state index is 0.714. The molecular formula is C17H19. The topological polar surface area (TPSA) is 0 Å². The zero-order valence-electron chi connectivity index (χ0n) is 10.6. The van der Waals surface area contributed by atoms with Crippen molar-refractivity contribution in [1.82, 2.24) is 0 Å². The highest BCUT2D eigenvalue weighted by Crippen LogP contribution is 2.21. The third-order valence-electron chi connectivity index (χ3n) is 2.89. The molecule has 87 valence electrons. The van der Waals surface area contributed by atoms with Crippen molar-refractivity contribution in [2.24, 2.45) is 5.92 Å². The summed E-state index contributed by atoms with van der Waals surface area (Å²) in [5, 5.41) is 0. The van der Waals surface area contributed by atoms with Crippen LogP contribution in [0.25, 0.3) is 11.1 Å². The molecule has 0 saturated heterocycles. The monoisotopic (exact) mass is 223 g/mol. The lowest BCUT2D eigenvalue weighted by Gasteiger charge is -2.07. The van der Waals surface area contributed by atoms with Gasteiger partial charge in [0.25, 0.3) is 0 Å². The minimum absolute atomic E-state index is 0.714. The third kappa shape index (κ3) is 3.20. The largest absolute Gasteiger partial charge is 0.0625 e. The highest BCUT2D eigenvalue weighted by molar-refractivity contribution is 5.64. The SMILES string of the molecule is [CH2]c1ccc(-c2ccc(CC(C)C)cc2)cc1. The zero-order valence-corrected chi connectivity index (χ0v) is 10.6. The number of benzene rings is 2. The molecule has 0 aromatic heterocycles. The average molecular weight is 223 g/mol. The van der Waals surface area contributed by atoms with Crippen molar-refractivity contribution in [2.75, 3.05) is 0 Å². The molecule has 1 radical (unpaired) electrons. The number of hydrogen-bond donors (Lipinski definition) is 0. The summed E-state index contributed by atoms with van der Waals surface area (Å²) in [6.45, 7) is 8.40. The smallest absolute Gasteiger partial charge is 0.0184 e. The van der Waals surface area contributed by atoms with Gasteiger partial charge in [-0.05, 0) is 41.5 Å². The Morgan fingerprint density at radius 3 is 1.76 bits per heavy atom. The summed E-state index contributed by atoms with van der Waals surface area (Å²) in [5.74, 6) is 0.714. The van der Waals surface area contributed by atoms with E-state index in [9.17, 15) is 0 Å². The first kappa shape index (κ1) is 11.9. The Kier molecular flexibility index (Phi) is 3.63. The van der Waals surface area contributed by atoms with Crippen LogP contribution >= 0.6 is 0 Å². The van der Waals surface area contributed by atoms with Crippen LogP contribution < -0.4 is 0 Å². The van der Waals surface area contributed by atoms with Gasteiger partial charge in [0, 0.05) is 0 Å². The lowest BCUT2D eigenvalue weighted by Crippen LogP contribution is -1.93. The predicted molar refractivity (Wildman–Crippen MR) is 74.9 cm³/mol. The van der Waals surface area contributed by atoms with E-state index in [4.69, 9.17) is 0 Å². The molecule has 0 heterocycles. The molecule has 2 aromatic carbocycles. The first-order valence-electron chi connectivity index (χ1n) is 6.16. The molecule has 0 spiro atoms. The van der Waals surface area contributed by atoms with Gasteiger partial charge in [0.15, 0.2) is 0 Å². The molecule has 0 atom stereocenters. The molecular weight excluding hydrogens is 204 g/mol. The quantitative estimate of drug-likeness (QED) is 0.705. The molecule has 0 nitrogen and oxygen atoms in total. The second-order valence-corrected chi connectivity index (χ2v) is 4.99. The summed E-state index contributed by atoms with van der Waals surface area (Å²) < 4.78 is 0. The highest BCUT2D eigenvalue weighted by Gasteiger charge is 2.00. The lowest BCUT2D eigenvalue weighted by molar-refractivity contribution is 0.647. The molecule has 0 aliphatic carbocycles. The summed E-state index contributed by atoms with van der Waals surface area (Å²) >= 11 is 0. The van der Waals surface area contributed by atoms with Gasteiger partial charge in [0.2, 0.25) is 0 Å². The first-order valence-corrected chi connectivity index (χ1v) is 6.16. The van der Waals surface area contributed by atoms with Gasteiger partial charge < -0.3 is 0 Å². The van der Waals surface area contributed by atoms with E-state index >= 15 is 0 Å². The normalized spacial score (nSPS) is 10.8. The molecule has 0 aliphatic rings. The van der Waals surface area contributed by atoms with Gasteiger partial charge >= 0.3 is 0 Å². The van der Waals surface area contributed by atoms with Crippen molar-refractivity contribution in [3.63, 3.8) is 0 Å². The molecule has 0 unspecified atom stereocenters. The maximum absolute atomic E-state index is 3.90. The Balaban J connectivity index is 2.20. The standard InChI is InChI=1S/C17H19/c1-13(2)12-15-6-10-17(11-7-15)16-8-4-14(3)5-9-16/h4-11,13H,3,12H2,1-2H3. The van der Waals surface area contributed by atoms with Gasteiger partial charge in [-0.25, -0.2) is 0 Å². The number of hydrogen-bond acceptors (Lipinski definition) is 0. The van der Waals surface area contributed by atoms with Gasteiger partial charge in [-0.2, -0.15) is 0 Å². The fourth-order valence-corrected chi connectivity index (χ4v) is 2.00. The Bertz CT molecular complexity index is 460. The molecule has 2 rings (SSSR count). The van der Waals surface area contributed by atoms with E-state index in [1.54, 1.807) is 0 Å². The van der Waals surface area contributed by atoms with E-state index in [-0.39, 0.29) is 0 Å². The van der Waals surface area contributed by atoms with E-state index in [1.165, 1.54) is 16.7 Å². The summed E-state index contributed by atoms with van der Waals surface area (Å²) in [6, 6.07) is 17.2. The van der Waals surface area contributed by atoms with Crippen molar-refractivity contribution in [3.05, 3.63) is 66.6 Å². The summed E-state index contributed by atoms with van der Waals surface area (Å²) in [5.41, 5.74) is 5.01. The van der Waals surface area contributed by atoms with Crippen LogP contribution in [0.1, 0.15) is 25.0 Å². The predicted octanol–water partition coefficient (Wildman–Crippen LogP) is 4.73. The molecule has 0 fully saturated rings. The maximum atomic E-state index is 3.90. The van der Waals surface area contributed by atoms with E-state index in [0.29, 0.717) is 5.92 Å². The van der Waals surface area contributed by atoms with Crippen molar-refractivity contribution in [2.45, 2.75) is 20.3 Å². The fraction of sp³-hybridized carbons (Fsp3) is 0.235. The van der Waals surface area contributed by atoms with Gasteiger partial charge in [0.05, 0.1) is 0 Å². The molecule has 0 aliphatic heterocycles. The summed E-state index contributed by atoms with van der Waals surface area (Å²) in [6.07, 6.45) is 1.15. The van der Waals surface area contributed by atoms with E-state index in [0.717, 1.165) is 12.0 Å². The Morgan fingerprint density at radius 1 is 0.824 bits per heavy atom. The molecule has 0 heteroatoms. The van der Waals surface area contributed by atoms with Gasteiger partial charge in [-0.15, -0.1) is 0 Å². The van der Waals surface area contributed by atoms with Crippen LogP contribution in [0.4, 0.5) is 0 Å². The third-order valence-corrected chi connectivity index (χ3v) is 2.89. The zero-order chi connectivity index (χ0) is 12.3. The van der Waals surface area contributed by atoms with Crippen molar-refractivity contribution < 1.29 is 0 Å². The van der Waals surface area contributed by atoms with Crippen LogP contribution in [0.15, 0.2) is 48.5 Å². The summed E-state index contributed by atoms with van der Waals surface area (Å²) in [7, 11) is 0. The molecule has 2 aromatic rings. The molecule has 0 bridgehead atoms. The van der Waals surface area contributed by atoms with Gasteiger partial charge in [-0.1, -0.05) is 62.4 Å². The van der Waals surface area contributed by atoms with Crippen LogP contribution in [-0.4, -0.2) is 0 Å². The van der Waals surface area contributed by atoms with Gasteiger partial charge in [-0.3, -0.25) is 0 Å². The van der Waals surface area contributed by atoms with Crippen LogP contribution in [0.5, 0.6) is 0 Å². The van der Waals surface area contributed by atoms with Crippen molar-refractivity contribution in [1.29, 1.82) is 0 Å². The van der Waals surface area contributed by atoms with Gasteiger partial charge in [0.1, 0.15) is 0 Å². The molecule has 0 N–H and O–H groups in total. The van der Waals surface area contributed by atoms with Crippen LogP contribution in [0, 0.1) is 12.8 Å². The lowest BCUT2D eigenvalue weighted by atomic mass is 9.99.